The zero-order chi connectivity index (χ0) is 11.0. The molecule has 0 atom stereocenters. The molecule has 4 nitrogen and oxygen atoms in total. The van der Waals surface area contributed by atoms with Crippen molar-refractivity contribution in [2.24, 2.45) is 0 Å². The van der Waals surface area contributed by atoms with Crippen molar-refractivity contribution in [3.8, 4) is 0 Å². The van der Waals surface area contributed by atoms with Gasteiger partial charge in [0.2, 0.25) is 5.91 Å². The van der Waals surface area contributed by atoms with Crippen LogP contribution in [0.4, 0.5) is 14.9 Å². The molecular weight excluding hydrogens is 267 g/mol. The van der Waals surface area contributed by atoms with E-state index in [4.69, 9.17) is 0 Å². The number of carbonyl (C=O) groups is 2. The molecule has 78 valence electrons. The van der Waals surface area contributed by atoms with Crippen LogP contribution in [0.5, 0.6) is 0 Å². The lowest BCUT2D eigenvalue weighted by Gasteiger charge is -2.14. The van der Waals surface area contributed by atoms with E-state index < -0.39 is 11.8 Å². The topological polar surface area (TPSA) is 49.4 Å². The number of benzene rings is 1. The number of amides is 3. The van der Waals surface area contributed by atoms with E-state index in [0.717, 1.165) is 0 Å². The van der Waals surface area contributed by atoms with Gasteiger partial charge in [-0.2, -0.15) is 0 Å². The first-order valence-electron chi connectivity index (χ1n) is 4.14. The number of nitrogens with zero attached hydrogens (tertiary/aromatic N) is 1. The van der Waals surface area contributed by atoms with Crippen molar-refractivity contribution in [2.75, 3.05) is 11.4 Å². The Morgan fingerprint density at radius 3 is 2.67 bits per heavy atom. The van der Waals surface area contributed by atoms with Crippen LogP contribution in [-0.2, 0) is 4.79 Å². The van der Waals surface area contributed by atoms with Crippen LogP contribution in [0.25, 0.3) is 0 Å². The molecule has 1 aliphatic heterocycles. The molecule has 0 radical (unpaired) electrons. The average molecular weight is 273 g/mol. The number of halogens is 2. The highest BCUT2D eigenvalue weighted by Crippen LogP contribution is 2.27. The van der Waals surface area contributed by atoms with Gasteiger partial charge < -0.3 is 0 Å². The molecule has 15 heavy (non-hydrogen) atoms. The molecule has 0 aliphatic carbocycles. The fourth-order valence-electron chi connectivity index (χ4n) is 1.34. The van der Waals surface area contributed by atoms with E-state index in [0.29, 0.717) is 10.2 Å². The van der Waals surface area contributed by atoms with Crippen LogP contribution in [0.15, 0.2) is 22.7 Å². The van der Waals surface area contributed by atoms with Crippen molar-refractivity contribution in [2.45, 2.75) is 0 Å². The maximum atomic E-state index is 12.8. The van der Waals surface area contributed by atoms with Crippen LogP contribution in [0.1, 0.15) is 0 Å². The zero-order valence-electron chi connectivity index (χ0n) is 7.46. The third kappa shape index (κ3) is 1.85. The molecule has 2 rings (SSSR count). The molecule has 0 spiro atoms. The number of rotatable bonds is 1. The van der Waals surface area contributed by atoms with Crippen molar-refractivity contribution in [3.63, 3.8) is 0 Å². The molecule has 6 heteroatoms. The van der Waals surface area contributed by atoms with Crippen molar-refractivity contribution in [1.82, 2.24) is 5.32 Å². The van der Waals surface area contributed by atoms with Gasteiger partial charge in [0.15, 0.2) is 0 Å². The van der Waals surface area contributed by atoms with Gasteiger partial charge in [0, 0.05) is 4.47 Å². The summed E-state index contributed by atoms with van der Waals surface area (Å²) in [6, 6.07) is 3.42. The molecular formula is C9H6BrFN2O2. The van der Waals surface area contributed by atoms with Gasteiger partial charge in [-0.05, 0) is 34.1 Å². The molecule has 0 aromatic heterocycles. The predicted molar refractivity (Wildman–Crippen MR) is 55.0 cm³/mol. The summed E-state index contributed by atoms with van der Waals surface area (Å²) >= 11 is 3.13. The molecule has 1 aromatic rings. The van der Waals surface area contributed by atoms with Gasteiger partial charge in [0.1, 0.15) is 12.4 Å². The Balaban J connectivity index is 2.38. The molecule has 1 saturated heterocycles. The van der Waals surface area contributed by atoms with Gasteiger partial charge in [-0.3, -0.25) is 15.0 Å². The summed E-state index contributed by atoms with van der Waals surface area (Å²) in [4.78, 5) is 23.5. The Labute approximate surface area is 93.2 Å². The first-order chi connectivity index (χ1) is 7.08. The summed E-state index contributed by atoms with van der Waals surface area (Å²) in [7, 11) is 0. The van der Waals surface area contributed by atoms with Crippen molar-refractivity contribution in [3.05, 3.63) is 28.5 Å². The Bertz CT molecular complexity index is 450. The number of hydrogen-bond acceptors (Lipinski definition) is 2. The summed E-state index contributed by atoms with van der Waals surface area (Å²) in [6.07, 6.45) is 0. The molecule has 1 heterocycles. The minimum atomic E-state index is -0.493. The molecule has 1 N–H and O–H groups in total. The lowest BCUT2D eigenvalue weighted by Crippen LogP contribution is -2.28. The second kappa shape index (κ2) is 3.62. The lowest BCUT2D eigenvalue weighted by atomic mass is 10.3. The predicted octanol–water partition coefficient (Wildman–Crippen LogP) is 1.64. The van der Waals surface area contributed by atoms with E-state index in [1.54, 1.807) is 0 Å². The Hall–Kier alpha value is -1.43. The van der Waals surface area contributed by atoms with Gasteiger partial charge in [-0.1, -0.05) is 0 Å². The highest BCUT2D eigenvalue weighted by Gasteiger charge is 2.29. The number of carbonyl (C=O) groups excluding carboxylic acids is 2. The number of imide groups is 1. The fourth-order valence-corrected chi connectivity index (χ4v) is 1.90. The lowest BCUT2D eigenvalue weighted by molar-refractivity contribution is -0.117. The largest absolute Gasteiger partial charge is 0.329 e. The Morgan fingerprint density at radius 2 is 2.13 bits per heavy atom. The quantitative estimate of drug-likeness (QED) is 0.791. The summed E-state index contributed by atoms with van der Waals surface area (Å²) in [5.41, 5.74) is 0.472. The van der Waals surface area contributed by atoms with E-state index in [2.05, 4.69) is 21.2 Å². The van der Waals surface area contributed by atoms with Gasteiger partial charge in [-0.15, -0.1) is 0 Å². The van der Waals surface area contributed by atoms with Crippen molar-refractivity contribution < 1.29 is 14.0 Å². The third-order valence-corrected chi connectivity index (χ3v) is 2.63. The summed E-state index contributed by atoms with van der Waals surface area (Å²) < 4.78 is 13.2. The number of hydrogen-bond donors (Lipinski definition) is 1. The molecule has 1 aromatic carbocycles. The maximum absolute atomic E-state index is 12.8. The summed E-state index contributed by atoms with van der Waals surface area (Å²) in [5, 5.41) is 2.14. The first kappa shape index (κ1) is 10.1. The first-order valence-corrected chi connectivity index (χ1v) is 4.93. The average Bonchev–Trinajstić information content (AvgIpc) is 2.45. The standard InChI is InChI=1S/C9H6BrFN2O2/c10-6-3-5(11)1-2-7(6)13-4-8(14)12-9(13)15/h1-3H,4H2,(H,12,14,15). The van der Waals surface area contributed by atoms with E-state index >= 15 is 0 Å². The number of urea groups is 1. The highest BCUT2D eigenvalue weighted by molar-refractivity contribution is 9.10. The van der Waals surface area contributed by atoms with Gasteiger partial charge >= 0.3 is 6.03 Å². The highest BCUT2D eigenvalue weighted by atomic mass is 79.9. The normalized spacial score (nSPS) is 15.7. The Kier molecular flexibility index (Phi) is 2.44. The van der Waals surface area contributed by atoms with Crippen LogP contribution in [0.2, 0.25) is 0 Å². The van der Waals surface area contributed by atoms with E-state index in [-0.39, 0.29) is 12.5 Å². The molecule has 0 bridgehead atoms. The minimum Gasteiger partial charge on any atom is -0.284 e. The molecule has 1 fully saturated rings. The van der Waals surface area contributed by atoms with Gasteiger partial charge in [-0.25, -0.2) is 9.18 Å². The molecule has 0 unspecified atom stereocenters. The Morgan fingerprint density at radius 1 is 1.40 bits per heavy atom. The van der Waals surface area contributed by atoms with Gasteiger partial charge in [0.05, 0.1) is 5.69 Å². The third-order valence-electron chi connectivity index (χ3n) is 1.99. The van der Waals surface area contributed by atoms with E-state index in [9.17, 15) is 14.0 Å². The van der Waals surface area contributed by atoms with Crippen LogP contribution < -0.4 is 10.2 Å². The summed E-state index contributed by atoms with van der Waals surface area (Å²) in [5.74, 6) is -0.771. The second-order valence-electron chi connectivity index (χ2n) is 3.04. The second-order valence-corrected chi connectivity index (χ2v) is 3.89. The molecule has 1 aliphatic rings. The number of nitrogens with one attached hydrogen (secondary N) is 1. The van der Waals surface area contributed by atoms with Crippen LogP contribution in [0, 0.1) is 5.82 Å². The zero-order valence-corrected chi connectivity index (χ0v) is 9.04. The fraction of sp³-hybridized carbons (Fsp3) is 0.111. The molecule has 3 amide bonds. The SMILES string of the molecule is O=C1CN(c2ccc(F)cc2Br)C(=O)N1. The van der Waals surface area contributed by atoms with Crippen molar-refractivity contribution >= 4 is 33.6 Å². The minimum absolute atomic E-state index is 0.0386. The maximum Gasteiger partial charge on any atom is 0.329 e. The van der Waals surface area contributed by atoms with E-state index in [1.807, 2.05) is 0 Å². The number of anilines is 1. The smallest absolute Gasteiger partial charge is 0.284 e. The van der Waals surface area contributed by atoms with Crippen LogP contribution in [-0.4, -0.2) is 18.5 Å². The van der Waals surface area contributed by atoms with Gasteiger partial charge in [0.25, 0.3) is 0 Å². The van der Waals surface area contributed by atoms with Crippen LogP contribution in [0.3, 0.4) is 0 Å². The van der Waals surface area contributed by atoms with Crippen LogP contribution >= 0.6 is 15.9 Å². The summed E-state index contributed by atoms with van der Waals surface area (Å²) in [6.45, 7) is -0.0386. The van der Waals surface area contributed by atoms with E-state index in [1.165, 1.54) is 23.1 Å². The molecule has 0 saturated carbocycles. The monoisotopic (exact) mass is 272 g/mol. The van der Waals surface area contributed by atoms with Crippen molar-refractivity contribution in [1.29, 1.82) is 0 Å².